The van der Waals surface area contributed by atoms with Crippen LogP contribution in [0.5, 0.6) is 5.75 Å². The highest BCUT2D eigenvalue weighted by Crippen LogP contribution is 2.37. The van der Waals surface area contributed by atoms with Gasteiger partial charge in [-0.05, 0) is 47.9 Å². The summed E-state index contributed by atoms with van der Waals surface area (Å²) in [5.74, 6) is 1.49. The van der Waals surface area contributed by atoms with Crippen molar-refractivity contribution in [1.82, 2.24) is 5.32 Å². The van der Waals surface area contributed by atoms with E-state index in [9.17, 15) is 5.11 Å². The number of benzene rings is 2. The lowest BCUT2D eigenvalue weighted by Crippen LogP contribution is -2.28. The second-order valence-corrected chi connectivity index (χ2v) is 6.58. The Hall–Kier alpha value is -1.45. The molecular formula is C18H21NOS. The zero-order chi connectivity index (χ0) is 14.7. The summed E-state index contributed by atoms with van der Waals surface area (Å²) in [6.07, 6.45) is 2.20. The van der Waals surface area contributed by atoms with Crippen molar-refractivity contribution in [2.24, 2.45) is 0 Å². The summed E-state index contributed by atoms with van der Waals surface area (Å²) >= 11 is 1.95. The Morgan fingerprint density at radius 3 is 2.71 bits per heavy atom. The monoisotopic (exact) mass is 299 g/mol. The zero-order valence-corrected chi connectivity index (χ0v) is 13.1. The summed E-state index contributed by atoms with van der Waals surface area (Å²) in [5, 5.41) is 13.2. The first-order valence-electron chi connectivity index (χ1n) is 7.54. The van der Waals surface area contributed by atoms with Gasteiger partial charge in [-0.1, -0.05) is 37.3 Å². The average molecular weight is 299 g/mol. The molecule has 2 atom stereocenters. The van der Waals surface area contributed by atoms with E-state index in [1.807, 2.05) is 23.9 Å². The van der Waals surface area contributed by atoms with E-state index in [1.165, 1.54) is 21.8 Å². The molecule has 0 saturated carbocycles. The number of hydrogen-bond donors (Lipinski definition) is 2. The number of rotatable bonds is 4. The van der Waals surface area contributed by atoms with Crippen LogP contribution in [-0.4, -0.2) is 10.9 Å². The largest absolute Gasteiger partial charge is 0.508 e. The van der Waals surface area contributed by atoms with Crippen LogP contribution in [0.4, 0.5) is 0 Å². The van der Waals surface area contributed by atoms with Crippen molar-refractivity contribution >= 4 is 11.8 Å². The molecule has 2 unspecified atom stereocenters. The molecule has 21 heavy (non-hydrogen) atoms. The molecule has 0 bridgehead atoms. The van der Waals surface area contributed by atoms with Gasteiger partial charge in [0.25, 0.3) is 0 Å². The van der Waals surface area contributed by atoms with E-state index in [2.05, 4.69) is 36.5 Å². The van der Waals surface area contributed by atoms with Crippen molar-refractivity contribution in [2.75, 3.05) is 5.75 Å². The van der Waals surface area contributed by atoms with Gasteiger partial charge in [0.1, 0.15) is 5.75 Å². The number of nitrogens with one attached hydrogen (secondary N) is 1. The van der Waals surface area contributed by atoms with Gasteiger partial charge in [-0.3, -0.25) is 0 Å². The third-order valence-electron chi connectivity index (χ3n) is 4.06. The predicted molar refractivity (Wildman–Crippen MR) is 88.8 cm³/mol. The van der Waals surface area contributed by atoms with Gasteiger partial charge in [-0.15, -0.1) is 11.8 Å². The first-order valence-corrected chi connectivity index (χ1v) is 8.53. The van der Waals surface area contributed by atoms with Crippen LogP contribution in [0.15, 0.2) is 53.4 Å². The molecule has 0 spiro atoms. The molecule has 0 saturated heterocycles. The molecule has 2 aromatic carbocycles. The summed E-state index contributed by atoms with van der Waals surface area (Å²) in [6.45, 7) is 2.20. The quantitative estimate of drug-likeness (QED) is 0.860. The number of thioether (sulfide) groups is 1. The number of hydrogen-bond acceptors (Lipinski definition) is 3. The minimum Gasteiger partial charge on any atom is -0.508 e. The maximum absolute atomic E-state index is 9.44. The second-order valence-electron chi connectivity index (χ2n) is 5.45. The fourth-order valence-electron chi connectivity index (χ4n) is 2.91. The molecule has 3 heteroatoms. The van der Waals surface area contributed by atoms with E-state index >= 15 is 0 Å². The number of phenolic OH excluding ortho intramolecular Hbond substituents is 1. The molecular weight excluding hydrogens is 278 g/mol. The normalized spacial score (nSPS) is 19.0. The highest BCUT2D eigenvalue weighted by molar-refractivity contribution is 7.99. The van der Waals surface area contributed by atoms with Gasteiger partial charge >= 0.3 is 0 Å². The van der Waals surface area contributed by atoms with Gasteiger partial charge in [0.2, 0.25) is 0 Å². The topological polar surface area (TPSA) is 32.3 Å². The maximum Gasteiger partial charge on any atom is 0.115 e. The Morgan fingerprint density at radius 1 is 1.19 bits per heavy atom. The van der Waals surface area contributed by atoms with Crippen LogP contribution in [0, 0.1) is 0 Å². The Kier molecular flexibility index (Phi) is 4.51. The molecule has 3 rings (SSSR count). The minimum absolute atomic E-state index is 0.326. The predicted octanol–water partition coefficient (Wildman–Crippen LogP) is 4.67. The summed E-state index contributed by atoms with van der Waals surface area (Å²) in [5.41, 5.74) is 2.66. The molecule has 2 nitrogen and oxygen atoms in total. The van der Waals surface area contributed by atoms with Crippen LogP contribution < -0.4 is 5.32 Å². The average Bonchev–Trinajstić information content (AvgIpc) is 2.54. The highest BCUT2D eigenvalue weighted by Gasteiger charge is 2.22. The van der Waals surface area contributed by atoms with Crippen LogP contribution in [0.2, 0.25) is 0 Å². The molecule has 0 radical (unpaired) electrons. The fourth-order valence-corrected chi connectivity index (χ4v) is 4.04. The minimum atomic E-state index is 0.326. The molecule has 2 aromatic rings. The molecule has 1 heterocycles. The van der Waals surface area contributed by atoms with E-state index in [-0.39, 0.29) is 0 Å². The molecule has 1 aliphatic heterocycles. The SMILES string of the molecule is CCC(NC1CCSc2ccccc21)c1ccc(O)cc1. The summed E-state index contributed by atoms with van der Waals surface area (Å²) < 4.78 is 0. The van der Waals surface area contributed by atoms with Crippen LogP contribution in [0.1, 0.15) is 43.0 Å². The third-order valence-corrected chi connectivity index (χ3v) is 5.19. The van der Waals surface area contributed by atoms with Gasteiger partial charge in [-0.2, -0.15) is 0 Å². The lowest BCUT2D eigenvalue weighted by Gasteiger charge is -2.30. The van der Waals surface area contributed by atoms with Gasteiger partial charge in [0.05, 0.1) is 0 Å². The molecule has 0 amide bonds. The molecule has 1 aliphatic rings. The molecule has 0 aromatic heterocycles. The highest BCUT2D eigenvalue weighted by atomic mass is 32.2. The molecule has 110 valence electrons. The van der Waals surface area contributed by atoms with Crippen molar-refractivity contribution in [2.45, 2.75) is 36.7 Å². The lowest BCUT2D eigenvalue weighted by atomic mass is 9.98. The van der Waals surface area contributed by atoms with E-state index < -0.39 is 0 Å². The summed E-state index contributed by atoms with van der Waals surface area (Å²) in [4.78, 5) is 1.40. The first-order chi connectivity index (χ1) is 10.3. The molecule has 0 aliphatic carbocycles. The first kappa shape index (κ1) is 14.5. The standard InChI is InChI=1S/C18H21NOS/c1-2-16(13-7-9-14(20)10-8-13)19-17-11-12-21-18-6-4-3-5-15(17)18/h3-10,16-17,19-20H,2,11-12H2,1H3. The van der Waals surface area contributed by atoms with Crippen LogP contribution in [0.25, 0.3) is 0 Å². The lowest BCUT2D eigenvalue weighted by molar-refractivity contribution is 0.420. The van der Waals surface area contributed by atoms with Crippen LogP contribution >= 0.6 is 11.8 Å². The van der Waals surface area contributed by atoms with E-state index in [1.54, 1.807) is 12.1 Å². The van der Waals surface area contributed by atoms with Crippen LogP contribution in [0.3, 0.4) is 0 Å². The Labute approximate surface area is 130 Å². The molecule has 2 N–H and O–H groups in total. The van der Waals surface area contributed by atoms with Gasteiger partial charge < -0.3 is 10.4 Å². The van der Waals surface area contributed by atoms with Crippen molar-refractivity contribution in [1.29, 1.82) is 0 Å². The van der Waals surface area contributed by atoms with E-state index in [0.29, 0.717) is 17.8 Å². The Morgan fingerprint density at radius 2 is 1.95 bits per heavy atom. The van der Waals surface area contributed by atoms with E-state index in [4.69, 9.17) is 0 Å². The smallest absolute Gasteiger partial charge is 0.115 e. The van der Waals surface area contributed by atoms with Crippen molar-refractivity contribution in [3.05, 3.63) is 59.7 Å². The van der Waals surface area contributed by atoms with Gasteiger partial charge in [0, 0.05) is 17.0 Å². The van der Waals surface area contributed by atoms with Crippen LogP contribution in [-0.2, 0) is 0 Å². The summed E-state index contributed by atoms with van der Waals surface area (Å²) in [6, 6.07) is 17.0. The van der Waals surface area contributed by atoms with Gasteiger partial charge in [-0.25, -0.2) is 0 Å². The fraction of sp³-hybridized carbons (Fsp3) is 0.333. The van der Waals surface area contributed by atoms with Crippen molar-refractivity contribution in [3.63, 3.8) is 0 Å². The third kappa shape index (κ3) is 3.25. The van der Waals surface area contributed by atoms with Crippen molar-refractivity contribution < 1.29 is 5.11 Å². The Balaban J connectivity index is 1.80. The number of phenols is 1. The van der Waals surface area contributed by atoms with Gasteiger partial charge in [0.15, 0.2) is 0 Å². The van der Waals surface area contributed by atoms with Crippen molar-refractivity contribution in [3.8, 4) is 5.75 Å². The summed E-state index contributed by atoms with van der Waals surface area (Å²) in [7, 11) is 0. The number of aromatic hydroxyl groups is 1. The number of fused-ring (bicyclic) bond motifs is 1. The molecule has 0 fully saturated rings. The zero-order valence-electron chi connectivity index (χ0n) is 12.3. The Bertz CT molecular complexity index is 596. The maximum atomic E-state index is 9.44. The van der Waals surface area contributed by atoms with E-state index in [0.717, 1.165) is 12.8 Å². The second kappa shape index (κ2) is 6.54.